The standard InChI is InChI=1S/C19H17NO2/c1-14-3-2-4-17(13-14)20(15-5-9-18(21)10-6-15)16-7-11-19(22)12-8-16/h2-13,21-22H,1H3. The molecule has 0 fully saturated rings. The third-order valence-corrected chi connectivity index (χ3v) is 3.48. The Morgan fingerprint density at radius 1 is 0.636 bits per heavy atom. The van der Waals surface area contributed by atoms with Gasteiger partial charge in [0.15, 0.2) is 0 Å². The quantitative estimate of drug-likeness (QED) is 0.723. The molecule has 3 nitrogen and oxygen atoms in total. The Morgan fingerprint density at radius 2 is 1.14 bits per heavy atom. The number of aromatic hydroxyl groups is 2. The van der Waals surface area contributed by atoms with Gasteiger partial charge < -0.3 is 15.1 Å². The van der Waals surface area contributed by atoms with Gasteiger partial charge in [-0.05, 0) is 73.2 Å². The summed E-state index contributed by atoms with van der Waals surface area (Å²) in [6, 6.07) is 22.3. The lowest BCUT2D eigenvalue weighted by atomic mass is 10.1. The molecule has 0 heterocycles. The van der Waals surface area contributed by atoms with Gasteiger partial charge in [-0.15, -0.1) is 0 Å². The molecule has 0 aliphatic heterocycles. The van der Waals surface area contributed by atoms with Crippen molar-refractivity contribution in [2.24, 2.45) is 0 Å². The van der Waals surface area contributed by atoms with Gasteiger partial charge in [-0.1, -0.05) is 12.1 Å². The Labute approximate surface area is 129 Å². The van der Waals surface area contributed by atoms with Crippen molar-refractivity contribution >= 4 is 17.1 Å². The van der Waals surface area contributed by atoms with Crippen LogP contribution in [0.2, 0.25) is 0 Å². The summed E-state index contributed by atoms with van der Waals surface area (Å²) in [4.78, 5) is 2.08. The van der Waals surface area contributed by atoms with Gasteiger partial charge in [0.05, 0.1) is 0 Å². The highest BCUT2D eigenvalue weighted by Crippen LogP contribution is 2.35. The molecule has 2 N–H and O–H groups in total. The van der Waals surface area contributed by atoms with Gasteiger partial charge >= 0.3 is 0 Å². The number of nitrogens with zero attached hydrogens (tertiary/aromatic N) is 1. The minimum Gasteiger partial charge on any atom is -0.508 e. The lowest BCUT2D eigenvalue weighted by Crippen LogP contribution is -2.09. The topological polar surface area (TPSA) is 43.7 Å². The summed E-state index contributed by atoms with van der Waals surface area (Å²) in [6.45, 7) is 2.05. The van der Waals surface area contributed by atoms with E-state index in [0.29, 0.717) is 0 Å². The van der Waals surface area contributed by atoms with Gasteiger partial charge in [-0.3, -0.25) is 0 Å². The molecule has 0 spiro atoms. The smallest absolute Gasteiger partial charge is 0.115 e. The monoisotopic (exact) mass is 291 g/mol. The number of aryl methyl sites for hydroxylation is 1. The second-order valence-electron chi connectivity index (χ2n) is 5.21. The fourth-order valence-corrected chi connectivity index (χ4v) is 2.42. The van der Waals surface area contributed by atoms with Crippen LogP contribution >= 0.6 is 0 Å². The predicted molar refractivity (Wildman–Crippen MR) is 89.2 cm³/mol. The zero-order valence-corrected chi connectivity index (χ0v) is 12.3. The molecule has 0 aliphatic rings. The Balaban J connectivity index is 2.13. The summed E-state index contributed by atoms with van der Waals surface area (Å²) in [5.41, 5.74) is 4.07. The van der Waals surface area contributed by atoms with Gasteiger partial charge in [-0.25, -0.2) is 0 Å². The van der Waals surface area contributed by atoms with Crippen LogP contribution in [0.25, 0.3) is 0 Å². The van der Waals surface area contributed by atoms with E-state index in [1.54, 1.807) is 24.3 Å². The lowest BCUT2D eigenvalue weighted by molar-refractivity contribution is 0.475. The maximum atomic E-state index is 9.51. The van der Waals surface area contributed by atoms with Crippen molar-refractivity contribution in [1.29, 1.82) is 0 Å². The van der Waals surface area contributed by atoms with Gasteiger partial charge in [0.1, 0.15) is 11.5 Å². The fraction of sp³-hybridized carbons (Fsp3) is 0.0526. The van der Waals surface area contributed by atoms with E-state index in [4.69, 9.17) is 0 Å². The van der Waals surface area contributed by atoms with Crippen molar-refractivity contribution in [3.05, 3.63) is 78.4 Å². The molecule has 0 aliphatic carbocycles. The van der Waals surface area contributed by atoms with Crippen LogP contribution in [-0.4, -0.2) is 10.2 Å². The van der Waals surface area contributed by atoms with E-state index in [-0.39, 0.29) is 11.5 Å². The molecule has 0 saturated heterocycles. The van der Waals surface area contributed by atoms with Crippen molar-refractivity contribution < 1.29 is 10.2 Å². The minimum absolute atomic E-state index is 0.235. The molecule has 0 atom stereocenters. The van der Waals surface area contributed by atoms with E-state index in [9.17, 15) is 10.2 Å². The first-order chi connectivity index (χ1) is 10.6. The molecular weight excluding hydrogens is 274 g/mol. The predicted octanol–water partition coefficient (Wildman–Crippen LogP) is 4.88. The van der Waals surface area contributed by atoms with Crippen LogP contribution in [0, 0.1) is 6.92 Å². The Hall–Kier alpha value is -2.94. The van der Waals surface area contributed by atoms with Crippen LogP contribution in [-0.2, 0) is 0 Å². The molecule has 0 aromatic heterocycles. The average Bonchev–Trinajstić information content (AvgIpc) is 2.51. The van der Waals surface area contributed by atoms with E-state index >= 15 is 0 Å². The first-order valence-electron chi connectivity index (χ1n) is 7.08. The second-order valence-corrected chi connectivity index (χ2v) is 5.21. The van der Waals surface area contributed by atoms with Crippen LogP contribution in [0.1, 0.15) is 5.56 Å². The van der Waals surface area contributed by atoms with Crippen molar-refractivity contribution in [1.82, 2.24) is 0 Å². The van der Waals surface area contributed by atoms with Gasteiger partial charge in [0.25, 0.3) is 0 Å². The van der Waals surface area contributed by atoms with E-state index < -0.39 is 0 Å². The molecule has 0 unspecified atom stereocenters. The molecule has 110 valence electrons. The summed E-state index contributed by atoms with van der Waals surface area (Å²) in [7, 11) is 0. The molecule has 22 heavy (non-hydrogen) atoms. The van der Waals surface area contributed by atoms with Crippen molar-refractivity contribution in [3.8, 4) is 11.5 Å². The maximum Gasteiger partial charge on any atom is 0.115 e. The number of benzene rings is 3. The van der Waals surface area contributed by atoms with Gasteiger partial charge in [-0.2, -0.15) is 0 Å². The van der Waals surface area contributed by atoms with E-state index in [1.807, 2.05) is 36.4 Å². The van der Waals surface area contributed by atoms with E-state index in [0.717, 1.165) is 17.1 Å². The normalized spacial score (nSPS) is 10.4. The average molecular weight is 291 g/mol. The van der Waals surface area contributed by atoms with Gasteiger partial charge in [0.2, 0.25) is 0 Å². The zero-order chi connectivity index (χ0) is 15.5. The molecule has 3 aromatic carbocycles. The maximum absolute atomic E-state index is 9.51. The molecule has 0 radical (unpaired) electrons. The number of anilines is 3. The Morgan fingerprint density at radius 3 is 1.59 bits per heavy atom. The third-order valence-electron chi connectivity index (χ3n) is 3.48. The molecule has 0 amide bonds. The van der Waals surface area contributed by atoms with E-state index in [1.165, 1.54) is 5.56 Å². The molecule has 0 saturated carbocycles. The van der Waals surface area contributed by atoms with Crippen LogP contribution in [0.5, 0.6) is 11.5 Å². The number of phenolic OH excluding ortho intramolecular Hbond substituents is 2. The van der Waals surface area contributed by atoms with Crippen molar-refractivity contribution in [3.63, 3.8) is 0 Å². The van der Waals surface area contributed by atoms with Crippen molar-refractivity contribution in [2.45, 2.75) is 6.92 Å². The summed E-state index contributed by atoms with van der Waals surface area (Å²) in [5.74, 6) is 0.470. The molecule has 3 rings (SSSR count). The number of hydrogen-bond donors (Lipinski definition) is 2. The third kappa shape index (κ3) is 2.88. The SMILES string of the molecule is Cc1cccc(N(c2ccc(O)cc2)c2ccc(O)cc2)c1. The summed E-state index contributed by atoms with van der Waals surface area (Å²) < 4.78 is 0. The molecule has 0 bridgehead atoms. The van der Waals surface area contributed by atoms with Crippen LogP contribution in [0.15, 0.2) is 72.8 Å². The first-order valence-corrected chi connectivity index (χ1v) is 7.08. The summed E-state index contributed by atoms with van der Waals surface area (Å²) >= 11 is 0. The number of phenols is 2. The summed E-state index contributed by atoms with van der Waals surface area (Å²) in [5, 5.41) is 19.0. The van der Waals surface area contributed by atoms with Crippen LogP contribution in [0.4, 0.5) is 17.1 Å². The summed E-state index contributed by atoms with van der Waals surface area (Å²) in [6.07, 6.45) is 0. The number of rotatable bonds is 3. The highest BCUT2D eigenvalue weighted by Gasteiger charge is 2.12. The Bertz CT molecular complexity index is 719. The lowest BCUT2D eigenvalue weighted by Gasteiger charge is -2.25. The highest BCUT2D eigenvalue weighted by molar-refractivity contribution is 5.77. The largest absolute Gasteiger partial charge is 0.508 e. The fourth-order valence-electron chi connectivity index (χ4n) is 2.42. The molecular formula is C19H17NO2. The van der Waals surface area contributed by atoms with E-state index in [2.05, 4.69) is 24.0 Å². The minimum atomic E-state index is 0.235. The Kier molecular flexibility index (Phi) is 3.71. The zero-order valence-electron chi connectivity index (χ0n) is 12.3. The second kappa shape index (κ2) is 5.82. The highest BCUT2D eigenvalue weighted by atomic mass is 16.3. The molecule has 3 heteroatoms. The van der Waals surface area contributed by atoms with Crippen LogP contribution in [0.3, 0.4) is 0 Å². The number of hydrogen-bond acceptors (Lipinski definition) is 3. The van der Waals surface area contributed by atoms with Gasteiger partial charge in [0, 0.05) is 17.1 Å². The van der Waals surface area contributed by atoms with Crippen LogP contribution < -0.4 is 4.90 Å². The van der Waals surface area contributed by atoms with Crippen molar-refractivity contribution in [2.75, 3.05) is 4.90 Å². The first kappa shape index (κ1) is 14.0. The molecule has 3 aromatic rings.